The van der Waals surface area contributed by atoms with Gasteiger partial charge in [-0.15, -0.1) is 0 Å². The lowest BCUT2D eigenvalue weighted by Gasteiger charge is -2.30. The molecule has 1 aromatic rings. The van der Waals surface area contributed by atoms with Crippen LogP contribution in [0.2, 0.25) is 0 Å². The van der Waals surface area contributed by atoms with Crippen LogP contribution in [0.25, 0.3) is 0 Å². The van der Waals surface area contributed by atoms with E-state index in [1.807, 2.05) is 0 Å². The number of aliphatic hydroxyl groups excluding tert-OH is 1. The Morgan fingerprint density at radius 3 is 2.53 bits per heavy atom. The zero-order valence-electron chi connectivity index (χ0n) is 10.5. The van der Waals surface area contributed by atoms with Gasteiger partial charge >= 0.3 is 0 Å². The summed E-state index contributed by atoms with van der Waals surface area (Å²) in [6.45, 7) is 6.93. The van der Waals surface area contributed by atoms with E-state index in [4.69, 9.17) is 0 Å². The first-order valence-electron chi connectivity index (χ1n) is 5.46. The minimum Gasteiger partial charge on any atom is -0.391 e. The number of nitro benzene ring substituents is 1. The average molecular weight is 238 g/mol. The second-order valence-corrected chi connectivity index (χ2v) is 4.75. The lowest BCUT2D eigenvalue weighted by molar-refractivity contribution is -0.384. The zero-order valence-corrected chi connectivity index (χ0v) is 10.5. The first-order chi connectivity index (χ1) is 7.75. The number of aryl methyl sites for hydroxylation is 1. The van der Waals surface area contributed by atoms with E-state index >= 15 is 0 Å². The maximum Gasteiger partial charge on any atom is 0.295 e. The summed E-state index contributed by atoms with van der Waals surface area (Å²) < 4.78 is 0. The Bertz CT molecular complexity index is 428. The van der Waals surface area contributed by atoms with E-state index < -0.39 is 16.6 Å². The van der Waals surface area contributed by atoms with Gasteiger partial charge in [-0.3, -0.25) is 10.1 Å². The van der Waals surface area contributed by atoms with Gasteiger partial charge in [0.1, 0.15) is 5.69 Å². The number of benzene rings is 1. The highest BCUT2D eigenvalue weighted by atomic mass is 16.6. The van der Waals surface area contributed by atoms with Crippen LogP contribution in [-0.4, -0.2) is 21.7 Å². The second kappa shape index (κ2) is 4.71. The molecule has 0 bridgehead atoms. The second-order valence-electron chi connectivity index (χ2n) is 4.75. The molecule has 0 aliphatic carbocycles. The Morgan fingerprint density at radius 2 is 2.06 bits per heavy atom. The summed E-state index contributed by atoms with van der Waals surface area (Å²) in [5.74, 6) is 0. The average Bonchev–Trinajstić information content (AvgIpc) is 2.15. The first-order valence-corrected chi connectivity index (χ1v) is 5.46. The van der Waals surface area contributed by atoms with Crippen molar-refractivity contribution in [2.75, 3.05) is 5.32 Å². The molecule has 0 radical (unpaired) electrons. The van der Waals surface area contributed by atoms with E-state index in [0.717, 1.165) is 0 Å². The maximum absolute atomic E-state index is 11.0. The van der Waals surface area contributed by atoms with E-state index in [0.29, 0.717) is 11.3 Å². The molecule has 94 valence electrons. The van der Waals surface area contributed by atoms with Gasteiger partial charge in [0.25, 0.3) is 5.69 Å². The minimum atomic E-state index is -0.626. The number of hydrogen-bond donors (Lipinski definition) is 2. The summed E-state index contributed by atoms with van der Waals surface area (Å²) >= 11 is 0. The van der Waals surface area contributed by atoms with Crippen LogP contribution in [0.5, 0.6) is 0 Å². The predicted molar refractivity (Wildman–Crippen MR) is 67.2 cm³/mol. The normalized spacial score (nSPS) is 13.2. The molecule has 0 aliphatic rings. The van der Waals surface area contributed by atoms with Crippen LogP contribution in [0.3, 0.4) is 0 Å². The smallest absolute Gasteiger partial charge is 0.295 e. The fourth-order valence-electron chi connectivity index (χ4n) is 1.45. The number of para-hydroxylation sites is 1. The molecule has 1 unspecified atom stereocenters. The molecule has 0 fully saturated rings. The monoisotopic (exact) mass is 238 g/mol. The summed E-state index contributed by atoms with van der Waals surface area (Å²) in [7, 11) is 0. The van der Waals surface area contributed by atoms with E-state index in [-0.39, 0.29) is 5.69 Å². The molecule has 0 aliphatic heterocycles. The van der Waals surface area contributed by atoms with Gasteiger partial charge in [0.2, 0.25) is 0 Å². The van der Waals surface area contributed by atoms with Crippen LogP contribution in [-0.2, 0) is 0 Å². The Morgan fingerprint density at radius 1 is 1.47 bits per heavy atom. The quantitative estimate of drug-likeness (QED) is 0.624. The Hall–Kier alpha value is -1.62. The van der Waals surface area contributed by atoms with Crippen LogP contribution < -0.4 is 5.32 Å². The van der Waals surface area contributed by atoms with Crippen molar-refractivity contribution in [1.82, 2.24) is 0 Å². The van der Waals surface area contributed by atoms with Crippen molar-refractivity contribution < 1.29 is 10.0 Å². The van der Waals surface area contributed by atoms with Crippen molar-refractivity contribution >= 4 is 11.4 Å². The fraction of sp³-hybridized carbons (Fsp3) is 0.500. The van der Waals surface area contributed by atoms with Gasteiger partial charge in [0, 0.05) is 5.56 Å². The molecule has 1 rings (SSSR count). The van der Waals surface area contributed by atoms with Gasteiger partial charge in [0.05, 0.1) is 16.6 Å². The topological polar surface area (TPSA) is 75.4 Å². The summed E-state index contributed by atoms with van der Waals surface area (Å²) in [6, 6.07) is 5.09. The van der Waals surface area contributed by atoms with Gasteiger partial charge in [-0.1, -0.05) is 12.1 Å². The number of nitrogens with zero attached hydrogens (tertiary/aromatic N) is 1. The third-order valence-electron chi connectivity index (χ3n) is 2.92. The van der Waals surface area contributed by atoms with Crippen molar-refractivity contribution in [1.29, 1.82) is 0 Å². The number of aliphatic hydroxyl groups is 1. The van der Waals surface area contributed by atoms with Gasteiger partial charge in [-0.05, 0) is 33.8 Å². The van der Waals surface area contributed by atoms with E-state index in [2.05, 4.69) is 5.32 Å². The van der Waals surface area contributed by atoms with Gasteiger partial charge in [0.15, 0.2) is 0 Å². The van der Waals surface area contributed by atoms with E-state index in [1.165, 1.54) is 0 Å². The molecule has 1 atom stereocenters. The molecule has 1 aromatic carbocycles. The molecule has 0 saturated heterocycles. The van der Waals surface area contributed by atoms with Crippen molar-refractivity contribution in [3.05, 3.63) is 33.9 Å². The van der Waals surface area contributed by atoms with Crippen molar-refractivity contribution in [2.45, 2.75) is 39.3 Å². The molecule has 17 heavy (non-hydrogen) atoms. The largest absolute Gasteiger partial charge is 0.391 e. The van der Waals surface area contributed by atoms with E-state index in [1.54, 1.807) is 45.9 Å². The highest BCUT2D eigenvalue weighted by molar-refractivity contribution is 5.66. The Kier molecular flexibility index (Phi) is 3.72. The van der Waals surface area contributed by atoms with Crippen LogP contribution in [0.4, 0.5) is 11.4 Å². The zero-order chi connectivity index (χ0) is 13.2. The summed E-state index contributed by atoms with van der Waals surface area (Å²) in [4.78, 5) is 10.6. The minimum absolute atomic E-state index is 0.0567. The maximum atomic E-state index is 11.0. The molecular formula is C12H18N2O3. The highest BCUT2D eigenvalue weighted by Crippen LogP contribution is 2.30. The van der Waals surface area contributed by atoms with Crippen molar-refractivity contribution in [2.24, 2.45) is 0 Å². The van der Waals surface area contributed by atoms with Crippen LogP contribution >= 0.6 is 0 Å². The van der Waals surface area contributed by atoms with Crippen LogP contribution in [0, 0.1) is 17.0 Å². The number of nitro groups is 1. The standard InChI is InChI=1S/C12H18N2O3/c1-8-6-5-7-10(11(8)14(16)17)13-12(3,4)9(2)15/h5-7,9,13,15H,1-4H3. The fourth-order valence-corrected chi connectivity index (χ4v) is 1.45. The summed E-state index contributed by atoms with van der Waals surface area (Å²) in [5, 5.41) is 23.6. The SMILES string of the molecule is Cc1cccc(NC(C)(C)C(C)O)c1[N+](=O)[O-]. The predicted octanol–water partition coefficient (Wildman–Crippen LogP) is 2.47. The molecule has 0 heterocycles. The van der Waals surface area contributed by atoms with E-state index in [9.17, 15) is 15.2 Å². The third-order valence-corrected chi connectivity index (χ3v) is 2.92. The Labute approximate surface area is 101 Å². The molecule has 5 nitrogen and oxygen atoms in total. The Balaban J connectivity index is 3.15. The van der Waals surface area contributed by atoms with Gasteiger partial charge in [-0.25, -0.2) is 0 Å². The van der Waals surface area contributed by atoms with Gasteiger partial charge in [-0.2, -0.15) is 0 Å². The number of hydrogen-bond acceptors (Lipinski definition) is 4. The number of rotatable bonds is 4. The van der Waals surface area contributed by atoms with Crippen LogP contribution in [0.1, 0.15) is 26.3 Å². The third kappa shape index (κ3) is 2.94. The molecule has 0 saturated carbocycles. The van der Waals surface area contributed by atoms with Crippen molar-refractivity contribution in [3.8, 4) is 0 Å². The lowest BCUT2D eigenvalue weighted by Crippen LogP contribution is -2.42. The molecule has 0 aromatic heterocycles. The molecule has 0 amide bonds. The number of anilines is 1. The molecule has 2 N–H and O–H groups in total. The molecule has 5 heteroatoms. The summed E-state index contributed by atoms with van der Waals surface area (Å²) in [5.41, 5.74) is 0.460. The van der Waals surface area contributed by atoms with Gasteiger partial charge < -0.3 is 10.4 Å². The van der Waals surface area contributed by atoms with Crippen LogP contribution in [0.15, 0.2) is 18.2 Å². The highest BCUT2D eigenvalue weighted by Gasteiger charge is 2.27. The molecule has 0 spiro atoms. The number of nitrogens with one attached hydrogen (secondary N) is 1. The van der Waals surface area contributed by atoms with Crippen molar-refractivity contribution in [3.63, 3.8) is 0 Å². The lowest BCUT2D eigenvalue weighted by atomic mass is 9.98. The summed E-state index contributed by atoms with van der Waals surface area (Å²) in [6.07, 6.45) is -0.623. The first kappa shape index (κ1) is 13.4. The molecular weight excluding hydrogens is 220 g/mol.